The summed E-state index contributed by atoms with van der Waals surface area (Å²) in [6, 6.07) is 10.7. The highest BCUT2D eigenvalue weighted by Crippen LogP contribution is 2.15. The van der Waals surface area contributed by atoms with E-state index in [1.165, 1.54) is 6.07 Å². The molecule has 19 heavy (non-hydrogen) atoms. The Kier molecular flexibility index (Phi) is 4.12. The van der Waals surface area contributed by atoms with Gasteiger partial charge in [-0.15, -0.1) is 0 Å². The van der Waals surface area contributed by atoms with Gasteiger partial charge in [0.05, 0.1) is 11.4 Å². The van der Waals surface area contributed by atoms with E-state index in [-0.39, 0.29) is 0 Å². The van der Waals surface area contributed by atoms with Crippen LogP contribution in [0.25, 0.3) is 0 Å². The maximum atomic E-state index is 13.1. The molecule has 0 fully saturated rings. The summed E-state index contributed by atoms with van der Waals surface area (Å²) in [6.07, 6.45) is 0. The van der Waals surface area contributed by atoms with E-state index in [1.807, 2.05) is 0 Å². The molecule has 2 aromatic carbocycles. The molecule has 0 saturated carbocycles. The Bertz CT molecular complexity index is 627. The maximum absolute atomic E-state index is 13.1. The van der Waals surface area contributed by atoms with Crippen molar-refractivity contribution in [1.82, 2.24) is 0 Å². The van der Waals surface area contributed by atoms with Crippen molar-refractivity contribution >= 4 is 23.0 Å². The predicted molar refractivity (Wildman–Crippen MR) is 73.6 cm³/mol. The highest BCUT2D eigenvalue weighted by molar-refractivity contribution is 6.30. The Morgan fingerprint density at radius 3 is 2.58 bits per heavy atom. The van der Waals surface area contributed by atoms with Crippen molar-refractivity contribution in [2.24, 2.45) is 5.10 Å². The van der Waals surface area contributed by atoms with Crippen LogP contribution < -0.4 is 5.43 Å². The molecule has 0 aliphatic carbocycles. The van der Waals surface area contributed by atoms with E-state index in [1.54, 1.807) is 31.2 Å². The summed E-state index contributed by atoms with van der Waals surface area (Å²) in [5.74, 6) is -1.77. The topological polar surface area (TPSA) is 24.4 Å². The molecule has 0 saturated heterocycles. The molecule has 0 aliphatic heterocycles. The smallest absolute Gasteiger partial charge is 0.159 e. The number of halogens is 3. The zero-order chi connectivity index (χ0) is 13.8. The average Bonchev–Trinajstić information content (AvgIpc) is 2.39. The fraction of sp³-hybridized carbons (Fsp3) is 0.0714. The molecule has 5 heteroatoms. The van der Waals surface area contributed by atoms with Crippen LogP contribution in [0.4, 0.5) is 14.5 Å². The summed E-state index contributed by atoms with van der Waals surface area (Å²) < 4.78 is 25.9. The zero-order valence-corrected chi connectivity index (χ0v) is 10.9. The van der Waals surface area contributed by atoms with E-state index in [4.69, 9.17) is 11.6 Å². The fourth-order valence-corrected chi connectivity index (χ4v) is 1.68. The van der Waals surface area contributed by atoms with Crippen LogP contribution in [-0.2, 0) is 0 Å². The maximum Gasteiger partial charge on any atom is 0.159 e. The van der Waals surface area contributed by atoms with Crippen LogP contribution >= 0.6 is 11.6 Å². The number of nitrogens with zero attached hydrogens (tertiary/aromatic N) is 1. The molecular weight excluding hydrogens is 270 g/mol. The standard InChI is InChI=1S/C14H11ClF2N2/c1-9(10-5-6-13(16)14(17)7-10)18-19-12-4-2-3-11(15)8-12/h2-8,19H,1H3/b18-9-. The Hall–Kier alpha value is -1.94. The lowest BCUT2D eigenvalue weighted by Gasteiger charge is -2.04. The van der Waals surface area contributed by atoms with Crippen molar-refractivity contribution in [1.29, 1.82) is 0 Å². The van der Waals surface area contributed by atoms with Gasteiger partial charge in [-0.2, -0.15) is 5.10 Å². The van der Waals surface area contributed by atoms with E-state index in [0.29, 0.717) is 16.3 Å². The molecule has 0 aliphatic rings. The predicted octanol–water partition coefficient (Wildman–Crippen LogP) is 4.45. The van der Waals surface area contributed by atoms with Gasteiger partial charge in [0.2, 0.25) is 0 Å². The molecule has 2 rings (SSSR count). The summed E-state index contributed by atoms with van der Waals surface area (Å²) in [7, 11) is 0. The quantitative estimate of drug-likeness (QED) is 0.652. The molecule has 0 radical (unpaired) electrons. The highest BCUT2D eigenvalue weighted by atomic mass is 35.5. The van der Waals surface area contributed by atoms with Crippen LogP contribution in [0.15, 0.2) is 47.6 Å². The number of anilines is 1. The molecule has 1 N–H and O–H groups in total. The van der Waals surface area contributed by atoms with Crippen molar-refractivity contribution in [2.45, 2.75) is 6.92 Å². The molecule has 0 aromatic heterocycles. The second-order valence-electron chi connectivity index (χ2n) is 3.95. The lowest BCUT2D eigenvalue weighted by Crippen LogP contribution is -2.01. The molecule has 2 aromatic rings. The number of hydrazone groups is 1. The first-order valence-corrected chi connectivity index (χ1v) is 5.95. The lowest BCUT2D eigenvalue weighted by atomic mass is 10.1. The van der Waals surface area contributed by atoms with Crippen molar-refractivity contribution in [3.8, 4) is 0 Å². The van der Waals surface area contributed by atoms with Gasteiger partial charge in [-0.05, 0) is 43.3 Å². The number of rotatable bonds is 3. The van der Waals surface area contributed by atoms with Crippen LogP contribution in [0, 0.1) is 11.6 Å². The molecule has 0 bridgehead atoms. The zero-order valence-electron chi connectivity index (χ0n) is 10.1. The first-order chi connectivity index (χ1) is 9.06. The molecular formula is C14H11ClF2N2. The monoisotopic (exact) mass is 280 g/mol. The number of nitrogens with one attached hydrogen (secondary N) is 1. The van der Waals surface area contributed by atoms with Gasteiger partial charge in [-0.1, -0.05) is 17.7 Å². The molecule has 2 nitrogen and oxygen atoms in total. The third-order valence-corrected chi connectivity index (χ3v) is 2.75. The highest BCUT2D eigenvalue weighted by Gasteiger charge is 2.04. The summed E-state index contributed by atoms with van der Waals surface area (Å²) in [5.41, 5.74) is 4.57. The lowest BCUT2D eigenvalue weighted by molar-refractivity contribution is 0.508. The molecule has 0 atom stereocenters. The summed E-state index contributed by atoms with van der Waals surface area (Å²) >= 11 is 5.84. The van der Waals surface area contributed by atoms with Gasteiger partial charge in [0.25, 0.3) is 0 Å². The van der Waals surface area contributed by atoms with Gasteiger partial charge in [0.1, 0.15) is 0 Å². The van der Waals surface area contributed by atoms with Gasteiger partial charge in [-0.25, -0.2) is 8.78 Å². The van der Waals surface area contributed by atoms with E-state index in [9.17, 15) is 8.78 Å². The Morgan fingerprint density at radius 2 is 1.89 bits per heavy atom. The molecule has 0 spiro atoms. The van der Waals surface area contributed by atoms with E-state index < -0.39 is 11.6 Å². The Balaban J connectivity index is 2.16. The van der Waals surface area contributed by atoms with Gasteiger partial charge in [-0.3, -0.25) is 5.43 Å². The summed E-state index contributed by atoms with van der Waals surface area (Å²) in [5, 5.41) is 4.68. The number of hydrogen-bond acceptors (Lipinski definition) is 2. The van der Waals surface area contributed by atoms with Crippen molar-refractivity contribution < 1.29 is 8.78 Å². The van der Waals surface area contributed by atoms with Crippen LogP contribution in [-0.4, -0.2) is 5.71 Å². The van der Waals surface area contributed by atoms with Gasteiger partial charge in [0, 0.05) is 10.6 Å². The van der Waals surface area contributed by atoms with E-state index in [0.717, 1.165) is 17.8 Å². The third kappa shape index (κ3) is 3.51. The van der Waals surface area contributed by atoms with Crippen LogP contribution in [0.1, 0.15) is 12.5 Å². The first kappa shape index (κ1) is 13.5. The minimum absolute atomic E-state index is 0.508. The molecule has 98 valence electrons. The first-order valence-electron chi connectivity index (χ1n) is 5.57. The van der Waals surface area contributed by atoms with Crippen LogP contribution in [0.3, 0.4) is 0 Å². The third-order valence-electron chi connectivity index (χ3n) is 2.51. The Morgan fingerprint density at radius 1 is 1.11 bits per heavy atom. The average molecular weight is 281 g/mol. The number of benzene rings is 2. The largest absolute Gasteiger partial charge is 0.278 e. The molecule has 0 heterocycles. The normalized spacial score (nSPS) is 11.5. The second-order valence-corrected chi connectivity index (χ2v) is 4.38. The summed E-state index contributed by atoms with van der Waals surface area (Å²) in [6.45, 7) is 1.70. The SMILES string of the molecule is C/C(=N/Nc1cccc(Cl)c1)c1ccc(F)c(F)c1. The van der Waals surface area contributed by atoms with E-state index in [2.05, 4.69) is 10.5 Å². The number of hydrogen-bond donors (Lipinski definition) is 1. The summed E-state index contributed by atoms with van der Waals surface area (Å²) in [4.78, 5) is 0. The van der Waals surface area contributed by atoms with Crippen molar-refractivity contribution in [2.75, 3.05) is 5.43 Å². The van der Waals surface area contributed by atoms with Gasteiger partial charge >= 0.3 is 0 Å². The van der Waals surface area contributed by atoms with Crippen LogP contribution in [0.5, 0.6) is 0 Å². The minimum atomic E-state index is -0.894. The Labute approximate surface area is 114 Å². The molecule has 0 unspecified atom stereocenters. The van der Waals surface area contributed by atoms with Crippen molar-refractivity contribution in [3.63, 3.8) is 0 Å². The molecule has 0 amide bonds. The van der Waals surface area contributed by atoms with E-state index >= 15 is 0 Å². The van der Waals surface area contributed by atoms with Gasteiger partial charge < -0.3 is 0 Å². The van der Waals surface area contributed by atoms with Crippen LogP contribution in [0.2, 0.25) is 5.02 Å². The van der Waals surface area contributed by atoms with Crippen molar-refractivity contribution in [3.05, 3.63) is 64.7 Å². The second kappa shape index (κ2) is 5.80. The fourth-order valence-electron chi connectivity index (χ4n) is 1.49. The minimum Gasteiger partial charge on any atom is -0.278 e. The van der Waals surface area contributed by atoms with Gasteiger partial charge in [0.15, 0.2) is 11.6 Å².